The van der Waals surface area contributed by atoms with Crippen LogP contribution in [0.1, 0.15) is 20.3 Å². The first-order valence-electron chi connectivity index (χ1n) is 6.10. The van der Waals surface area contributed by atoms with Gasteiger partial charge in [-0.1, -0.05) is 6.92 Å². The molecule has 0 aliphatic heterocycles. The van der Waals surface area contributed by atoms with Gasteiger partial charge in [0, 0.05) is 25.3 Å². The van der Waals surface area contributed by atoms with Crippen LogP contribution in [-0.2, 0) is 0 Å². The third kappa shape index (κ3) is 5.49. The van der Waals surface area contributed by atoms with E-state index in [4.69, 9.17) is 0 Å². The molecule has 0 radical (unpaired) electrons. The van der Waals surface area contributed by atoms with Crippen LogP contribution in [-0.4, -0.2) is 48.1 Å². The van der Waals surface area contributed by atoms with Crippen molar-refractivity contribution >= 4 is 11.8 Å². The lowest BCUT2D eigenvalue weighted by Gasteiger charge is -2.13. The highest BCUT2D eigenvalue weighted by Gasteiger charge is 2.02. The van der Waals surface area contributed by atoms with E-state index in [1.165, 1.54) is 0 Å². The third-order valence-electron chi connectivity index (χ3n) is 2.50. The van der Waals surface area contributed by atoms with Crippen LogP contribution in [0.5, 0.6) is 0 Å². The summed E-state index contributed by atoms with van der Waals surface area (Å²) in [7, 11) is 4.09. The van der Waals surface area contributed by atoms with Gasteiger partial charge in [0.1, 0.15) is 5.82 Å². The zero-order valence-corrected chi connectivity index (χ0v) is 11.2. The van der Waals surface area contributed by atoms with Crippen molar-refractivity contribution < 1.29 is 0 Å². The van der Waals surface area contributed by atoms with Crippen LogP contribution in [0, 0.1) is 0 Å². The monoisotopic (exact) mass is 237 g/mol. The lowest BCUT2D eigenvalue weighted by molar-refractivity contribution is 0.425. The van der Waals surface area contributed by atoms with E-state index in [2.05, 4.69) is 39.3 Å². The summed E-state index contributed by atoms with van der Waals surface area (Å²) in [5, 5.41) is 6.53. The maximum absolute atomic E-state index is 4.41. The van der Waals surface area contributed by atoms with Crippen LogP contribution in [0.4, 0.5) is 11.8 Å². The highest BCUT2D eigenvalue weighted by Crippen LogP contribution is 2.07. The van der Waals surface area contributed by atoms with E-state index in [9.17, 15) is 0 Å². The lowest BCUT2D eigenvalue weighted by Crippen LogP contribution is -2.22. The van der Waals surface area contributed by atoms with Gasteiger partial charge >= 0.3 is 0 Å². The Morgan fingerprint density at radius 3 is 2.82 bits per heavy atom. The predicted octanol–water partition coefficient (Wildman–Crippen LogP) is 1.66. The summed E-state index contributed by atoms with van der Waals surface area (Å²) in [6, 6.07) is 2.32. The van der Waals surface area contributed by atoms with Crippen molar-refractivity contribution in [2.75, 3.05) is 37.8 Å². The molecule has 1 aromatic rings. The van der Waals surface area contributed by atoms with Gasteiger partial charge in [0.15, 0.2) is 0 Å². The number of anilines is 2. The lowest BCUT2D eigenvalue weighted by atomic mass is 10.2. The molecule has 17 heavy (non-hydrogen) atoms. The van der Waals surface area contributed by atoms with E-state index in [1.54, 1.807) is 6.20 Å². The first-order valence-corrected chi connectivity index (χ1v) is 6.10. The van der Waals surface area contributed by atoms with Gasteiger partial charge in [-0.15, -0.1) is 0 Å². The minimum atomic E-state index is 0.430. The molecule has 5 heteroatoms. The summed E-state index contributed by atoms with van der Waals surface area (Å²) in [6.45, 7) is 6.10. The number of hydrogen-bond donors (Lipinski definition) is 2. The minimum absolute atomic E-state index is 0.430. The quantitative estimate of drug-likeness (QED) is 0.755. The van der Waals surface area contributed by atoms with Gasteiger partial charge in [-0.2, -0.15) is 4.98 Å². The number of likely N-dealkylation sites (N-methyl/N-ethyl adjacent to an activating group) is 1. The molecule has 1 rings (SSSR count). The first kappa shape index (κ1) is 13.7. The molecule has 1 atom stereocenters. The fraction of sp³-hybridized carbons (Fsp3) is 0.667. The van der Waals surface area contributed by atoms with Gasteiger partial charge in [0.2, 0.25) is 5.95 Å². The summed E-state index contributed by atoms with van der Waals surface area (Å²) in [4.78, 5) is 10.7. The molecule has 96 valence electrons. The Labute approximate surface area is 104 Å². The van der Waals surface area contributed by atoms with Gasteiger partial charge in [-0.05, 0) is 33.5 Å². The Morgan fingerprint density at radius 2 is 2.18 bits per heavy atom. The molecular weight excluding hydrogens is 214 g/mol. The van der Waals surface area contributed by atoms with Crippen molar-refractivity contribution in [1.29, 1.82) is 0 Å². The molecule has 0 aliphatic carbocycles. The molecule has 1 unspecified atom stereocenters. The van der Waals surface area contributed by atoms with Crippen LogP contribution in [0.15, 0.2) is 12.3 Å². The van der Waals surface area contributed by atoms with Gasteiger partial charge < -0.3 is 15.5 Å². The van der Waals surface area contributed by atoms with E-state index >= 15 is 0 Å². The van der Waals surface area contributed by atoms with Crippen LogP contribution in [0.25, 0.3) is 0 Å². The molecule has 0 bridgehead atoms. The number of nitrogens with one attached hydrogen (secondary N) is 2. The number of aromatic nitrogens is 2. The van der Waals surface area contributed by atoms with E-state index in [0.717, 1.165) is 25.3 Å². The van der Waals surface area contributed by atoms with Crippen LogP contribution < -0.4 is 10.6 Å². The van der Waals surface area contributed by atoms with Crippen molar-refractivity contribution in [3.8, 4) is 0 Å². The summed E-state index contributed by atoms with van der Waals surface area (Å²) >= 11 is 0. The molecule has 0 saturated carbocycles. The zero-order valence-electron chi connectivity index (χ0n) is 11.2. The largest absolute Gasteiger partial charge is 0.367 e. The predicted molar refractivity (Wildman–Crippen MR) is 72.5 cm³/mol. The first-order chi connectivity index (χ1) is 8.11. The number of rotatable bonds is 7. The van der Waals surface area contributed by atoms with Crippen LogP contribution in [0.2, 0.25) is 0 Å². The van der Waals surface area contributed by atoms with Crippen molar-refractivity contribution in [3.05, 3.63) is 12.3 Å². The zero-order chi connectivity index (χ0) is 12.7. The maximum atomic E-state index is 4.41. The highest BCUT2D eigenvalue weighted by molar-refractivity contribution is 5.40. The second-order valence-corrected chi connectivity index (χ2v) is 4.45. The average molecular weight is 237 g/mol. The van der Waals surface area contributed by atoms with Gasteiger partial charge in [-0.25, -0.2) is 4.98 Å². The Balaban J connectivity index is 2.48. The molecule has 1 heterocycles. The smallest absolute Gasteiger partial charge is 0.224 e. The van der Waals surface area contributed by atoms with Crippen molar-refractivity contribution in [2.45, 2.75) is 26.3 Å². The summed E-state index contributed by atoms with van der Waals surface area (Å²) in [5.41, 5.74) is 0. The third-order valence-corrected chi connectivity index (χ3v) is 2.50. The molecule has 1 aromatic heterocycles. The molecule has 0 aromatic carbocycles. The summed E-state index contributed by atoms with van der Waals surface area (Å²) < 4.78 is 0. The normalized spacial score (nSPS) is 12.5. The second-order valence-electron chi connectivity index (χ2n) is 4.45. The average Bonchev–Trinajstić information content (AvgIpc) is 2.29. The highest BCUT2D eigenvalue weighted by atomic mass is 15.2. The molecule has 0 aliphatic rings. The molecule has 0 saturated heterocycles. The van der Waals surface area contributed by atoms with Gasteiger partial charge in [0.05, 0.1) is 0 Å². The van der Waals surface area contributed by atoms with Gasteiger partial charge in [0.25, 0.3) is 0 Å². The summed E-state index contributed by atoms with van der Waals surface area (Å²) in [6.07, 6.45) is 2.85. The van der Waals surface area contributed by atoms with E-state index in [0.29, 0.717) is 12.0 Å². The van der Waals surface area contributed by atoms with Crippen molar-refractivity contribution in [3.63, 3.8) is 0 Å². The molecule has 2 N–H and O–H groups in total. The number of hydrogen-bond acceptors (Lipinski definition) is 5. The fourth-order valence-electron chi connectivity index (χ4n) is 1.27. The van der Waals surface area contributed by atoms with Crippen LogP contribution in [0.3, 0.4) is 0 Å². The molecule has 0 fully saturated rings. The maximum Gasteiger partial charge on any atom is 0.224 e. The van der Waals surface area contributed by atoms with Gasteiger partial charge in [-0.3, -0.25) is 0 Å². The number of nitrogens with zero attached hydrogens (tertiary/aromatic N) is 3. The Kier molecular flexibility index (Phi) is 5.69. The van der Waals surface area contributed by atoms with E-state index in [-0.39, 0.29) is 0 Å². The SMILES string of the molecule is CCC(C)Nc1ccnc(NCCN(C)C)n1. The minimum Gasteiger partial charge on any atom is -0.367 e. The fourth-order valence-corrected chi connectivity index (χ4v) is 1.27. The van der Waals surface area contributed by atoms with Crippen LogP contribution >= 0.6 is 0 Å². The molecule has 0 amide bonds. The molecular formula is C12H23N5. The van der Waals surface area contributed by atoms with Crippen molar-refractivity contribution in [2.24, 2.45) is 0 Å². The second kappa shape index (κ2) is 7.06. The summed E-state index contributed by atoms with van der Waals surface area (Å²) in [5.74, 6) is 1.56. The Bertz CT molecular complexity index is 326. The Hall–Kier alpha value is -1.36. The topological polar surface area (TPSA) is 53.1 Å². The standard InChI is InChI=1S/C12H23N5/c1-5-10(2)15-11-6-7-13-12(16-11)14-8-9-17(3)4/h6-7,10H,5,8-9H2,1-4H3,(H2,13,14,15,16). The Morgan fingerprint density at radius 1 is 1.41 bits per heavy atom. The van der Waals surface area contributed by atoms with E-state index < -0.39 is 0 Å². The molecule has 5 nitrogen and oxygen atoms in total. The molecule has 0 spiro atoms. The van der Waals surface area contributed by atoms with E-state index in [1.807, 2.05) is 20.2 Å². The van der Waals surface area contributed by atoms with Crippen molar-refractivity contribution in [1.82, 2.24) is 14.9 Å².